The molecule has 3 aromatic rings. The zero-order valence-corrected chi connectivity index (χ0v) is 10.4. The molecule has 0 bridgehead atoms. The average molecular weight is 273 g/mol. The quantitative estimate of drug-likeness (QED) is 0.780. The number of hydrogen-bond acceptors (Lipinski definition) is 4. The molecule has 1 amide bonds. The van der Waals surface area contributed by atoms with Crippen LogP contribution in [0.5, 0.6) is 0 Å². The molecule has 0 atom stereocenters. The summed E-state index contributed by atoms with van der Waals surface area (Å²) in [6, 6.07) is 11.0. The van der Waals surface area contributed by atoms with Crippen LogP contribution in [0.15, 0.2) is 42.5 Å². The summed E-state index contributed by atoms with van der Waals surface area (Å²) in [5, 5.41) is 2.52. The number of rotatable bonds is 2. The number of amides is 1. The number of benzene rings is 2. The summed E-state index contributed by atoms with van der Waals surface area (Å²) in [7, 11) is 0. The van der Waals surface area contributed by atoms with Crippen LogP contribution in [0.2, 0.25) is 0 Å². The van der Waals surface area contributed by atoms with E-state index in [9.17, 15) is 9.18 Å². The number of nitrogens with zero attached hydrogens (tertiary/aromatic N) is 2. The van der Waals surface area contributed by atoms with E-state index < -0.39 is 5.82 Å². The van der Waals surface area contributed by atoms with Gasteiger partial charge >= 0.3 is 0 Å². The van der Waals surface area contributed by atoms with Crippen molar-refractivity contribution in [2.45, 2.75) is 0 Å². The predicted octanol–water partition coefficient (Wildman–Crippen LogP) is 3.08. The van der Waals surface area contributed by atoms with Crippen molar-refractivity contribution in [3.8, 4) is 0 Å². The molecule has 0 radical (unpaired) electrons. The van der Waals surface area contributed by atoms with Crippen LogP contribution in [-0.2, 0) is 0 Å². The van der Waals surface area contributed by atoms with Crippen LogP contribution in [0, 0.1) is 5.82 Å². The maximum Gasteiger partial charge on any atom is 0.255 e. The normalized spacial score (nSPS) is 10.6. The molecule has 94 valence electrons. The first-order valence-electron chi connectivity index (χ1n) is 5.52. The van der Waals surface area contributed by atoms with Crippen molar-refractivity contribution in [3.63, 3.8) is 0 Å². The van der Waals surface area contributed by atoms with E-state index in [2.05, 4.69) is 14.1 Å². The van der Waals surface area contributed by atoms with E-state index in [1.807, 2.05) is 0 Å². The number of para-hydroxylation sites is 1. The van der Waals surface area contributed by atoms with Crippen molar-refractivity contribution in [3.05, 3.63) is 53.8 Å². The van der Waals surface area contributed by atoms with Crippen LogP contribution in [0.3, 0.4) is 0 Å². The standard InChI is InChI=1S/C13H8FN3OS/c14-9-3-1-2-4-10(9)15-13(18)8-5-6-11-12(7-8)17-19-16-11/h1-7H,(H,15,18). The fraction of sp³-hybridized carbons (Fsp3) is 0. The molecule has 0 saturated heterocycles. The van der Waals surface area contributed by atoms with E-state index in [0.717, 1.165) is 17.2 Å². The molecular formula is C13H8FN3OS. The first-order chi connectivity index (χ1) is 9.24. The molecule has 0 aliphatic heterocycles. The van der Waals surface area contributed by atoms with Crippen LogP contribution >= 0.6 is 11.7 Å². The van der Waals surface area contributed by atoms with Gasteiger partial charge in [-0.3, -0.25) is 4.79 Å². The van der Waals surface area contributed by atoms with Crippen molar-refractivity contribution < 1.29 is 9.18 Å². The van der Waals surface area contributed by atoms with Crippen LogP contribution < -0.4 is 5.32 Å². The molecule has 0 fully saturated rings. The summed E-state index contributed by atoms with van der Waals surface area (Å²) in [5.74, 6) is -0.841. The van der Waals surface area contributed by atoms with Gasteiger partial charge in [-0.2, -0.15) is 8.75 Å². The number of hydrogen-bond donors (Lipinski definition) is 1. The Kier molecular flexibility index (Phi) is 2.92. The third-order valence-electron chi connectivity index (χ3n) is 2.64. The summed E-state index contributed by atoms with van der Waals surface area (Å²) < 4.78 is 21.6. The van der Waals surface area contributed by atoms with E-state index >= 15 is 0 Å². The zero-order valence-electron chi connectivity index (χ0n) is 9.63. The number of halogens is 1. The van der Waals surface area contributed by atoms with Gasteiger partial charge in [-0.25, -0.2) is 4.39 Å². The largest absolute Gasteiger partial charge is 0.319 e. The molecule has 1 N–H and O–H groups in total. The number of anilines is 1. The Morgan fingerprint density at radius 1 is 1.11 bits per heavy atom. The molecule has 1 aromatic heterocycles. The van der Waals surface area contributed by atoms with Gasteiger partial charge in [-0.15, -0.1) is 0 Å². The number of aromatic nitrogens is 2. The van der Waals surface area contributed by atoms with Gasteiger partial charge in [0.25, 0.3) is 5.91 Å². The Balaban J connectivity index is 1.89. The Morgan fingerprint density at radius 3 is 2.74 bits per heavy atom. The van der Waals surface area contributed by atoms with Crippen LogP contribution in [-0.4, -0.2) is 14.7 Å². The van der Waals surface area contributed by atoms with Gasteiger partial charge in [-0.05, 0) is 30.3 Å². The van der Waals surface area contributed by atoms with Gasteiger partial charge in [0.05, 0.1) is 17.4 Å². The summed E-state index contributed by atoms with van der Waals surface area (Å²) in [5.41, 5.74) is 1.98. The lowest BCUT2D eigenvalue weighted by Crippen LogP contribution is -2.12. The molecule has 0 aliphatic carbocycles. The molecule has 1 heterocycles. The minimum absolute atomic E-state index is 0.156. The molecule has 2 aromatic carbocycles. The monoisotopic (exact) mass is 273 g/mol. The highest BCUT2D eigenvalue weighted by molar-refractivity contribution is 7.00. The molecule has 6 heteroatoms. The van der Waals surface area contributed by atoms with Crippen LogP contribution in [0.25, 0.3) is 11.0 Å². The Bertz CT molecular complexity index is 756. The summed E-state index contributed by atoms with van der Waals surface area (Å²) in [4.78, 5) is 12.0. The third kappa shape index (κ3) is 2.30. The van der Waals surface area contributed by atoms with Crippen molar-refractivity contribution in [1.82, 2.24) is 8.75 Å². The van der Waals surface area contributed by atoms with Crippen molar-refractivity contribution >= 4 is 34.4 Å². The lowest BCUT2D eigenvalue weighted by Gasteiger charge is -2.05. The van der Waals surface area contributed by atoms with Gasteiger partial charge in [0, 0.05) is 5.56 Å². The second-order valence-corrected chi connectivity index (χ2v) is 4.43. The maximum atomic E-state index is 13.4. The lowest BCUT2D eigenvalue weighted by atomic mass is 10.2. The van der Waals surface area contributed by atoms with E-state index in [1.54, 1.807) is 30.3 Å². The fourth-order valence-corrected chi connectivity index (χ4v) is 2.20. The maximum absolute atomic E-state index is 13.4. The van der Waals surface area contributed by atoms with Gasteiger partial charge in [0.15, 0.2) is 0 Å². The third-order valence-corrected chi connectivity index (χ3v) is 3.19. The highest BCUT2D eigenvalue weighted by Gasteiger charge is 2.10. The molecule has 0 spiro atoms. The zero-order chi connectivity index (χ0) is 13.2. The number of fused-ring (bicyclic) bond motifs is 1. The lowest BCUT2D eigenvalue weighted by molar-refractivity contribution is 0.102. The summed E-state index contributed by atoms with van der Waals surface area (Å²) in [6.07, 6.45) is 0. The van der Waals surface area contributed by atoms with E-state index in [4.69, 9.17) is 0 Å². The van der Waals surface area contributed by atoms with E-state index in [0.29, 0.717) is 11.1 Å². The molecule has 4 nitrogen and oxygen atoms in total. The molecule has 3 rings (SSSR count). The number of carbonyl (C=O) groups is 1. The highest BCUT2D eigenvalue weighted by Crippen LogP contribution is 2.17. The molecular weight excluding hydrogens is 265 g/mol. The second kappa shape index (κ2) is 4.74. The molecule has 19 heavy (non-hydrogen) atoms. The minimum Gasteiger partial charge on any atom is -0.319 e. The first-order valence-corrected chi connectivity index (χ1v) is 6.25. The van der Waals surface area contributed by atoms with Gasteiger partial charge in [0.1, 0.15) is 16.9 Å². The van der Waals surface area contributed by atoms with Crippen molar-refractivity contribution in [2.75, 3.05) is 5.32 Å². The predicted molar refractivity (Wildman–Crippen MR) is 71.8 cm³/mol. The average Bonchev–Trinajstić information content (AvgIpc) is 2.88. The number of nitrogens with one attached hydrogen (secondary N) is 1. The Hall–Kier alpha value is -2.34. The van der Waals surface area contributed by atoms with Gasteiger partial charge in [-0.1, -0.05) is 12.1 Å². The SMILES string of the molecule is O=C(Nc1ccccc1F)c1ccc2nsnc2c1. The van der Waals surface area contributed by atoms with Crippen molar-refractivity contribution in [2.24, 2.45) is 0 Å². The highest BCUT2D eigenvalue weighted by atomic mass is 32.1. The van der Waals surface area contributed by atoms with Gasteiger partial charge < -0.3 is 5.32 Å². The topological polar surface area (TPSA) is 54.9 Å². The molecule has 0 aliphatic rings. The molecule has 0 saturated carbocycles. The fourth-order valence-electron chi connectivity index (χ4n) is 1.68. The van der Waals surface area contributed by atoms with E-state index in [1.165, 1.54) is 12.1 Å². The van der Waals surface area contributed by atoms with Crippen molar-refractivity contribution in [1.29, 1.82) is 0 Å². The first kappa shape index (κ1) is 11.7. The summed E-state index contributed by atoms with van der Waals surface area (Å²) in [6.45, 7) is 0. The summed E-state index contributed by atoms with van der Waals surface area (Å²) >= 11 is 1.09. The van der Waals surface area contributed by atoms with Gasteiger partial charge in [0.2, 0.25) is 0 Å². The Morgan fingerprint density at radius 2 is 1.89 bits per heavy atom. The smallest absolute Gasteiger partial charge is 0.255 e. The second-order valence-electron chi connectivity index (χ2n) is 3.90. The van der Waals surface area contributed by atoms with Crippen LogP contribution in [0.1, 0.15) is 10.4 Å². The minimum atomic E-state index is -0.466. The Labute approximate surface area is 112 Å². The van der Waals surface area contributed by atoms with Crippen LogP contribution in [0.4, 0.5) is 10.1 Å². The molecule has 0 unspecified atom stereocenters. The van der Waals surface area contributed by atoms with E-state index in [-0.39, 0.29) is 11.6 Å². The number of carbonyl (C=O) groups excluding carboxylic acids is 1.